The first-order chi connectivity index (χ1) is 13.8. The summed E-state index contributed by atoms with van der Waals surface area (Å²) in [5.74, 6) is 0. The molecular weight excluding hydrogens is 388 g/mol. The molecule has 2 saturated heterocycles. The van der Waals surface area contributed by atoms with E-state index in [0.29, 0.717) is 51.9 Å². The first-order valence-corrected chi connectivity index (χ1v) is 10.9. The van der Waals surface area contributed by atoms with E-state index in [1.54, 1.807) is 9.80 Å². The van der Waals surface area contributed by atoms with Crippen molar-refractivity contribution in [1.29, 1.82) is 0 Å². The summed E-state index contributed by atoms with van der Waals surface area (Å²) in [6.07, 6.45) is 2.19. The molecule has 2 N–H and O–H groups in total. The summed E-state index contributed by atoms with van der Waals surface area (Å²) in [7, 11) is 0. The summed E-state index contributed by atoms with van der Waals surface area (Å²) < 4.78 is 10.8. The lowest BCUT2D eigenvalue weighted by molar-refractivity contribution is 0.0195. The lowest BCUT2D eigenvalue weighted by atomic mass is 10.0. The van der Waals surface area contributed by atoms with Crippen LogP contribution in [0, 0.1) is 0 Å². The Bertz CT molecular complexity index is 558. The molecule has 0 aromatic heterocycles. The van der Waals surface area contributed by atoms with Gasteiger partial charge in [-0.15, -0.1) is 0 Å². The largest absolute Gasteiger partial charge is 0.444 e. The summed E-state index contributed by atoms with van der Waals surface area (Å²) >= 11 is 0. The van der Waals surface area contributed by atoms with Crippen molar-refractivity contribution < 1.29 is 23.9 Å². The number of rotatable bonds is 2. The summed E-state index contributed by atoms with van der Waals surface area (Å²) in [5, 5.41) is 6.01. The number of ether oxygens (including phenoxy) is 2. The predicted octanol–water partition coefficient (Wildman–Crippen LogP) is 3.08. The fourth-order valence-corrected chi connectivity index (χ4v) is 3.48. The van der Waals surface area contributed by atoms with Crippen LogP contribution in [0.3, 0.4) is 0 Å². The smallest absolute Gasteiger partial charge is 0.410 e. The van der Waals surface area contributed by atoms with Gasteiger partial charge in [-0.2, -0.15) is 0 Å². The number of carbonyl (C=O) groups excluding carboxylic acids is 3. The summed E-state index contributed by atoms with van der Waals surface area (Å²) in [6.45, 7) is 13.3. The Labute approximate surface area is 179 Å². The SMILES string of the molecule is CC(C)(C)OC(=O)N1CCC(NC(=O)NC2CCN(C(=O)OC(C)(C)C)CC2)CC1. The van der Waals surface area contributed by atoms with Crippen LogP contribution in [0.15, 0.2) is 0 Å². The first kappa shape index (κ1) is 24.1. The molecule has 0 aromatic rings. The zero-order valence-corrected chi connectivity index (χ0v) is 19.2. The molecule has 2 fully saturated rings. The van der Waals surface area contributed by atoms with E-state index in [1.807, 2.05) is 41.5 Å². The van der Waals surface area contributed by atoms with Gasteiger partial charge in [-0.05, 0) is 67.2 Å². The zero-order valence-electron chi connectivity index (χ0n) is 19.2. The maximum absolute atomic E-state index is 12.4. The minimum Gasteiger partial charge on any atom is -0.444 e. The number of urea groups is 1. The van der Waals surface area contributed by atoms with Crippen LogP contribution >= 0.6 is 0 Å². The van der Waals surface area contributed by atoms with Gasteiger partial charge in [-0.1, -0.05) is 0 Å². The van der Waals surface area contributed by atoms with Crippen LogP contribution in [-0.4, -0.2) is 77.5 Å². The van der Waals surface area contributed by atoms with Crippen molar-refractivity contribution >= 4 is 18.2 Å². The molecule has 9 nitrogen and oxygen atoms in total. The van der Waals surface area contributed by atoms with Crippen LogP contribution in [0.25, 0.3) is 0 Å². The minimum absolute atomic E-state index is 0.0329. The highest BCUT2D eigenvalue weighted by Crippen LogP contribution is 2.17. The number of piperidine rings is 2. The summed E-state index contributed by atoms with van der Waals surface area (Å²) in [5.41, 5.74) is -1.02. The first-order valence-electron chi connectivity index (χ1n) is 10.9. The molecule has 9 heteroatoms. The average Bonchev–Trinajstić information content (AvgIpc) is 2.60. The molecule has 172 valence electrons. The third-order valence-electron chi connectivity index (χ3n) is 4.96. The Hall–Kier alpha value is -2.19. The van der Waals surface area contributed by atoms with Crippen LogP contribution in [0.1, 0.15) is 67.2 Å². The van der Waals surface area contributed by atoms with Crippen molar-refractivity contribution in [2.75, 3.05) is 26.2 Å². The van der Waals surface area contributed by atoms with Gasteiger partial charge in [0.2, 0.25) is 0 Å². The van der Waals surface area contributed by atoms with Crippen LogP contribution in [0.2, 0.25) is 0 Å². The van der Waals surface area contributed by atoms with E-state index >= 15 is 0 Å². The number of nitrogens with one attached hydrogen (secondary N) is 2. The van der Waals surface area contributed by atoms with E-state index in [0.717, 1.165) is 0 Å². The number of nitrogens with zero attached hydrogens (tertiary/aromatic N) is 2. The standard InChI is InChI=1S/C21H38N4O5/c1-20(2,3)29-18(27)24-11-7-15(8-12-24)22-17(26)23-16-9-13-25(14-10-16)19(28)30-21(4,5)6/h15-16H,7-14H2,1-6H3,(H2,22,23,26). The molecule has 0 aliphatic carbocycles. The van der Waals surface area contributed by atoms with E-state index in [4.69, 9.17) is 9.47 Å². The molecule has 2 aliphatic rings. The Kier molecular flexibility index (Phi) is 7.82. The molecule has 2 aliphatic heterocycles. The second kappa shape index (κ2) is 9.75. The molecule has 0 atom stereocenters. The molecule has 30 heavy (non-hydrogen) atoms. The fourth-order valence-electron chi connectivity index (χ4n) is 3.48. The molecule has 2 rings (SSSR count). The van der Waals surface area contributed by atoms with Gasteiger partial charge in [0.05, 0.1) is 0 Å². The number of hydrogen-bond donors (Lipinski definition) is 2. The van der Waals surface area contributed by atoms with Gasteiger partial charge in [-0.3, -0.25) is 0 Å². The quantitative estimate of drug-likeness (QED) is 0.707. The second-order valence-corrected chi connectivity index (χ2v) is 10.1. The number of likely N-dealkylation sites (tertiary alicyclic amines) is 2. The van der Waals surface area contributed by atoms with Gasteiger partial charge in [0.1, 0.15) is 11.2 Å². The highest BCUT2D eigenvalue weighted by Gasteiger charge is 2.30. The van der Waals surface area contributed by atoms with E-state index in [1.165, 1.54) is 0 Å². The molecule has 0 unspecified atom stereocenters. The van der Waals surface area contributed by atoms with Crippen molar-refractivity contribution in [3.8, 4) is 0 Å². The van der Waals surface area contributed by atoms with Crippen molar-refractivity contribution in [3.05, 3.63) is 0 Å². The molecule has 0 radical (unpaired) electrons. The third-order valence-corrected chi connectivity index (χ3v) is 4.96. The van der Waals surface area contributed by atoms with Crippen molar-refractivity contribution in [2.24, 2.45) is 0 Å². The van der Waals surface area contributed by atoms with Gasteiger partial charge >= 0.3 is 18.2 Å². The monoisotopic (exact) mass is 426 g/mol. The maximum Gasteiger partial charge on any atom is 0.410 e. The Balaban J connectivity index is 1.66. The average molecular weight is 427 g/mol. The molecule has 2 heterocycles. The maximum atomic E-state index is 12.4. The van der Waals surface area contributed by atoms with Gasteiger partial charge in [0.15, 0.2) is 0 Å². The molecule has 0 aromatic carbocycles. The Morgan fingerprint density at radius 3 is 1.23 bits per heavy atom. The molecule has 0 bridgehead atoms. The minimum atomic E-state index is -0.509. The van der Waals surface area contributed by atoms with E-state index in [9.17, 15) is 14.4 Å². The lowest BCUT2D eigenvalue weighted by Crippen LogP contribution is -2.53. The normalized spacial score (nSPS) is 19.3. The predicted molar refractivity (Wildman–Crippen MR) is 113 cm³/mol. The van der Waals surface area contributed by atoms with Crippen LogP contribution < -0.4 is 10.6 Å². The zero-order chi connectivity index (χ0) is 22.5. The molecule has 0 saturated carbocycles. The van der Waals surface area contributed by atoms with Gasteiger partial charge in [0.25, 0.3) is 0 Å². The highest BCUT2D eigenvalue weighted by molar-refractivity contribution is 5.75. The summed E-state index contributed by atoms with van der Waals surface area (Å²) in [4.78, 5) is 40.0. The van der Waals surface area contributed by atoms with E-state index in [2.05, 4.69) is 10.6 Å². The van der Waals surface area contributed by atoms with Crippen molar-refractivity contribution in [2.45, 2.75) is 90.5 Å². The van der Waals surface area contributed by atoms with Gasteiger partial charge < -0.3 is 29.9 Å². The number of amides is 4. The van der Waals surface area contributed by atoms with Crippen LogP contribution in [-0.2, 0) is 9.47 Å². The number of hydrogen-bond acceptors (Lipinski definition) is 5. The topological polar surface area (TPSA) is 100 Å². The van der Waals surface area contributed by atoms with E-state index < -0.39 is 11.2 Å². The van der Waals surface area contributed by atoms with Crippen molar-refractivity contribution in [1.82, 2.24) is 20.4 Å². The second-order valence-electron chi connectivity index (χ2n) is 10.1. The van der Waals surface area contributed by atoms with Gasteiger partial charge in [0, 0.05) is 38.3 Å². The molecule has 0 spiro atoms. The molecule has 4 amide bonds. The number of carbonyl (C=O) groups is 3. The lowest BCUT2D eigenvalue weighted by Gasteiger charge is -2.35. The van der Waals surface area contributed by atoms with Gasteiger partial charge in [-0.25, -0.2) is 14.4 Å². The molecular formula is C21H38N4O5. The Morgan fingerprint density at radius 1 is 0.667 bits per heavy atom. The van der Waals surface area contributed by atoms with Crippen molar-refractivity contribution in [3.63, 3.8) is 0 Å². The third kappa shape index (κ3) is 8.28. The Morgan fingerprint density at radius 2 is 0.967 bits per heavy atom. The van der Waals surface area contributed by atoms with Crippen LogP contribution in [0.4, 0.5) is 14.4 Å². The highest BCUT2D eigenvalue weighted by atomic mass is 16.6. The fraction of sp³-hybridized carbons (Fsp3) is 0.857. The van der Waals surface area contributed by atoms with E-state index in [-0.39, 0.29) is 30.3 Å². The van der Waals surface area contributed by atoms with Crippen LogP contribution in [0.5, 0.6) is 0 Å². The summed E-state index contributed by atoms with van der Waals surface area (Å²) in [6, 6.07) is -0.127.